The van der Waals surface area contributed by atoms with E-state index in [9.17, 15) is 13.2 Å². The van der Waals surface area contributed by atoms with E-state index in [2.05, 4.69) is 43.6 Å². The van der Waals surface area contributed by atoms with Gasteiger partial charge in [-0.05, 0) is 52.7 Å². The van der Waals surface area contributed by atoms with Crippen molar-refractivity contribution in [2.24, 2.45) is 5.92 Å². The highest BCUT2D eigenvalue weighted by Crippen LogP contribution is 2.43. The van der Waals surface area contributed by atoms with Gasteiger partial charge in [-0.2, -0.15) is 14.4 Å². The number of hydrogen-bond acceptors (Lipinski definition) is 7. The van der Waals surface area contributed by atoms with E-state index in [1.165, 1.54) is 12.1 Å². The zero-order chi connectivity index (χ0) is 22.3. The summed E-state index contributed by atoms with van der Waals surface area (Å²) in [5, 5.41) is 3.32. The summed E-state index contributed by atoms with van der Waals surface area (Å²) in [6, 6.07) is 2.98. The second-order valence-corrected chi connectivity index (χ2v) is 8.72. The molecular weight excluding hydrogens is 528 g/mol. The minimum absolute atomic E-state index is 0.0262. The van der Waals surface area contributed by atoms with E-state index >= 15 is 0 Å². The maximum atomic E-state index is 13.8. The van der Waals surface area contributed by atoms with E-state index in [1.807, 2.05) is 22.6 Å². The van der Waals surface area contributed by atoms with Crippen LogP contribution in [-0.4, -0.2) is 38.9 Å². The fourth-order valence-corrected chi connectivity index (χ4v) is 3.94. The molecule has 3 heterocycles. The predicted octanol–water partition coefficient (Wildman–Crippen LogP) is 3.31. The molecular formula is C19H20F3IN6O2. The van der Waals surface area contributed by atoms with Gasteiger partial charge in [0.2, 0.25) is 0 Å². The van der Waals surface area contributed by atoms with Crippen molar-refractivity contribution in [1.82, 2.24) is 24.8 Å². The number of aromatic nitrogens is 4. The molecule has 0 fully saturated rings. The summed E-state index contributed by atoms with van der Waals surface area (Å²) < 4.78 is 52.2. The molecule has 1 aromatic carbocycles. The molecule has 0 radical (unpaired) electrons. The lowest BCUT2D eigenvalue weighted by atomic mass is 10.1. The standard InChI is InChI=1S/C19H20F3IN6O2/c1-9(2)8-25-3-4-29-14(26-15-16(24)27-18(20)28-17(15)29)6-10-5-12-13(7-11(10)23)31-19(21,22)30-12/h5,7,9,25H,3-4,6,8H2,1-2H3,(H2,24,27,28). The van der Waals surface area contributed by atoms with Crippen LogP contribution in [0.5, 0.6) is 11.5 Å². The molecule has 0 spiro atoms. The van der Waals surface area contributed by atoms with Gasteiger partial charge in [0.1, 0.15) is 5.82 Å². The molecule has 8 nitrogen and oxygen atoms in total. The Hall–Kier alpha value is -2.35. The molecule has 4 rings (SSSR count). The lowest BCUT2D eigenvalue weighted by Crippen LogP contribution is -2.25. The molecule has 0 unspecified atom stereocenters. The van der Waals surface area contributed by atoms with Gasteiger partial charge in [0.25, 0.3) is 0 Å². The Kier molecular flexibility index (Phi) is 5.85. The quantitative estimate of drug-likeness (QED) is 0.266. The Morgan fingerprint density at radius 2 is 1.90 bits per heavy atom. The lowest BCUT2D eigenvalue weighted by molar-refractivity contribution is -0.286. The second kappa shape index (κ2) is 8.30. The van der Waals surface area contributed by atoms with Crippen LogP contribution in [0.15, 0.2) is 12.1 Å². The van der Waals surface area contributed by atoms with Crippen LogP contribution in [0.3, 0.4) is 0 Å². The first-order chi connectivity index (χ1) is 14.6. The van der Waals surface area contributed by atoms with Crippen molar-refractivity contribution in [3.63, 3.8) is 0 Å². The Morgan fingerprint density at radius 3 is 2.61 bits per heavy atom. The van der Waals surface area contributed by atoms with Gasteiger partial charge >= 0.3 is 12.4 Å². The van der Waals surface area contributed by atoms with Gasteiger partial charge in [0.15, 0.2) is 28.5 Å². The average molecular weight is 548 g/mol. The number of nitrogens with one attached hydrogen (secondary N) is 1. The molecule has 166 valence electrons. The van der Waals surface area contributed by atoms with Crippen LogP contribution < -0.4 is 20.5 Å². The third kappa shape index (κ3) is 4.63. The number of alkyl halides is 2. The molecule has 1 aliphatic heterocycles. The Bertz CT molecular complexity index is 1140. The molecule has 0 atom stereocenters. The monoisotopic (exact) mass is 548 g/mol. The zero-order valence-corrected chi connectivity index (χ0v) is 18.9. The first-order valence-electron chi connectivity index (χ1n) is 9.60. The summed E-state index contributed by atoms with van der Waals surface area (Å²) >= 11 is 2.03. The molecule has 0 bridgehead atoms. The fourth-order valence-electron chi connectivity index (χ4n) is 3.31. The molecule has 3 N–H and O–H groups in total. The van der Waals surface area contributed by atoms with Crippen LogP contribution >= 0.6 is 22.6 Å². The number of fused-ring (bicyclic) bond motifs is 2. The molecule has 0 saturated heterocycles. The van der Waals surface area contributed by atoms with Crippen molar-refractivity contribution >= 4 is 39.6 Å². The van der Waals surface area contributed by atoms with Crippen molar-refractivity contribution in [3.05, 3.63) is 33.2 Å². The van der Waals surface area contributed by atoms with Crippen LogP contribution in [-0.2, 0) is 13.0 Å². The summed E-state index contributed by atoms with van der Waals surface area (Å²) in [6.45, 7) is 6.08. The molecule has 2 aromatic heterocycles. The fraction of sp³-hybridized carbons (Fsp3) is 0.421. The molecule has 3 aromatic rings. The van der Waals surface area contributed by atoms with E-state index in [-0.39, 0.29) is 29.4 Å². The normalized spacial score (nSPS) is 14.7. The third-order valence-electron chi connectivity index (χ3n) is 4.66. The van der Waals surface area contributed by atoms with Crippen molar-refractivity contribution in [3.8, 4) is 11.5 Å². The number of anilines is 1. The van der Waals surface area contributed by atoms with Gasteiger partial charge in [-0.1, -0.05) is 13.8 Å². The highest BCUT2D eigenvalue weighted by molar-refractivity contribution is 14.1. The number of nitrogen functional groups attached to an aromatic ring is 1. The van der Waals surface area contributed by atoms with Crippen LogP contribution in [0, 0.1) is 15.6 Å². The van der Waals surface area contributed by atoms with Gasteiger partial charge in [0, 0.05) is 23.1 Å². The van der Waals surface area contributed by atoms with Crippen molar-refractivity contribution < 1.29 is 22.6 Å². The first-order valence-corrected chi connectivity index (χ1v) is 10.7. The van der Waals surface area contributed by atoms with E-state index in [0.717, 1.165) is 6.54 Å². The second-order valence-electron chi connectivity index (χ2n) is 7.56. The Balaban J connectivity index is 1.69. The number of imidazole rings is 1. The summed E-state index contributed by atoms with van der Waals surface area (Å²) in [7, 11) is 0. The van der Waals surface area contributed by atoms with Gasteiger partial charge in [-0.3, -0.25) is 0 Å². The van der Waals surface area contributed by atoms with E-state index in [4.69, 9.17) is 5.73 Å². The molecule has 12 heteroatoms. The largest absolute Gasteiger partial charge is 0.586 e. The minimum atomic E-state index is -3.69. The van der Waals surface area contributed by atoms with E-state index in [1.54, 1.807) is 4.57 Å². The Labute approximate surface area is 189 Å². The van der Waals surface area contributed by atoms with Gasteiger partial charge < -0.3 is 25.1 Å². The summed E-state index contributed by atoms with van der Waals surface area (Å²) in [5.41, 5.74) is 7.13. The van der Waals surface area contributed by atoms with Crippen LogP contribution in [0.25, 0.3) is 11.2 Å². The third-order valence-corrected chi connectivity index (χ3v) is 5.66. The number of ether oxygens (including phenoxy) is 2. The number of benzene rings is 1. The molecule has 0 saturated carbocycles. The number of halogens is 4. The summed E-state index contributed by atoms with van der Waals surface area (Å²) in [4.78, 5) is 12.0. The van der Waals surface area contributed by atoms with Gasteiger partial charge in [-0.25, -0.2) is 4.98 Å². The maximum absolute atomic E-state index is 13.8. The highest BCUT2D eigenvalue weighted by atomic mass is 127. The number of nitrogens with zero attached hydrogens (tertiary/aromatic N) is 4. The molecule has 0 aliphatic carbocycles. The highest BCUT2D eigenvalue weighted by Gasteiger charge is 2.43. The SMILES string of the molecule is CC(C)CNCCn1c(Cc2cc3c(cc2I)OC(F)(F)O3)nc2c(N)nc(F)nc21. The zero-order valence-electron chi connectivity index (χ0n) is 16.8. The van der Waals surface area contributed by atoms with Crippen molar-refractivity contribution in [2.75, 3.05) is 18.8 Å². The van der Waals surface area contributed by atoms with Crippen LogP contribution in [0.2, 0.25) is 0 Å². The minimum Gasteiger partial charge on any atom is -0.395 e. The maximum Gasteiger partial charge on any atom is 0.586 e. The number of hydrogen-bond donors (Lipinski definition) is 2. The topological polar surface area (TPSA) is 100 Å². The summed E-state index contributed by atoms with van der Waals surface area (Å²) in [6.07, 6.45) is -4.36. The Morgan fingerprint density at radius 1 is 1.19 bits per heavy atom. The average Bonchev–Trinajstić information content (AvgIpc) is 3.14. The summed E-state index contributed by atoms with van der Waals surface area (Å²) in [5.74, 6) is 0.894. The van der Waals surface area contributed by atoms with E-state index in [0.29, 0.717) is 39.5 Å². The molecule has 31 heavy (non-hydrogen) atoms. The van der Waals surface area contributed by atoms with Gasteiger partial charge in [-0.15, -0.1) is 8.78 Å². The molecule has 0 amide bonds. The number of nitrogens with two attached hydrogens (primary N) is 1. The first kappa shape index (κ1) is 21.9. The van der Waals surface area contributed by atoms with Crippen LogP contribution in [0.1, 0.15) is 25.2 Å². The predicted molar refractivity (Wildman–Crippen MR) is 116 cm³/mol. The van der Waals surface area contributed by atoms with Crippen molar-refractivity contribution in [1.29, 1.82) is 0 Å². The molecule has 1 aliphatic rings. The van der Waals surface area contributed by atoms with Crippen molar-refractivity contribution in [2.45, 2.75) is 33.1 Å². The lowest BCUT2D eigenvalue weighted by Gasteiger charge is -2.12. The smallest absolute Gasteiger partial charge is 0.395 e. The number of rotatable bonds is 7. The van der Waals surface area contributed by atoms with Crippen LogP contribution in [0.4, 0.5) is 19.0 Å². The van der Waals surface area contributed by atoms with Gasteiger partial charge in [0.05, 0.1) is 0 Å². The van der Waals surface area contributed by atoms with E-state index < -0.39 is 12.4 Å².